The molecular weight excluding hydrogens is 117 g/mol. The average Bonchev–Trinajstić information content (AvgIpc) is 1.60. The van der Waals surface area contributed by atoms with Crippen LogP contribution in [0.1, 0.15) is 20.3 Å². The Morgan fingerprint density at radius 2 is 2.33 bits per heavy atom. The summed E-state index contributed by atoms with van der Waals surface area (Å²) in [5, 5.41) is 0. The van der Waals surface area contributed by atoms with Crippen LogP contribution < -0.4 is 0 Å². The van der Waals surface area contributed by atoms with E-state index in [0.717, 1.165) is 0 Å². The Morgan fingerprint density at radius 1 is 1.67 bits per heavy atom. The molecule has 1 aliphatic heterocycles. The van der Waals surface area contributed by atoms with Crippen molar-refractivity contribution in [1.82, 2.24) is 0 Å². The highest BCUT2D eigenvalue weighted by molar-refractivity contribution is 5.77. The maximum Gasteiger partial charge on any atom is 0.189 e. The minimum absolute atomic E-state index is 0.0359. The summed E-state index contributed by atoms with van der Waals surface area (Å²) in [6.07, 6.45) is 3.87. The van der Waals surface area contributed by atoms with Gasteiger partial charge >= 0.3 is 0 Å². The number of halogens is 1. The van der Waals surface area contributed by atoms with Gasteiger partial charge in [0, 0.05) is 12.6 Å². The standard InChI is InChI=1S/C7H10FN/c1-7(2)3-4-9-6(8)5-7/h3-4H,5H2,1-2H3. The molecule has 0 spiro atoms. The first-order chi connectivity index (χ1) is 4.10. The van der Waals surface area contributed by atoms with Crippen molar-refractivity contribution in [3.8, 4) is 0 Å². The Bertz CT molecular complexity index is 168. The lowest BCUT2D eigenvalue weighted by atomic mass is 9.88. The van der Waals surface area contributed by atoms with Gasteiger partial charge in [0.15, 0.2) is 5.97 Å². The molecule has 50 valence electrons. The number of hydrogen-bond acceptors (Lipinski definition) is 1. The largest absolute Gasteiger partial charge is 0.232 e. The van der Waals surface area contributed by atoms with E-state index in [-0.39, 0.29) is 11.4 Å². The maximum atomic E-state index is 12.4. The van der Waals surface area contributed by atoms with E-state index in [2.05, 4.69) is 4.99 Å². The molecule has 1 heterocycles. The quantitative estimate of drug-likeness (QED) is 0.473. The molecule has 1 aliphatic rings. The van der Waals surface area contributed by atoms with E-state index in [4.69, 9.17) is 0 Å². The fraction of sp³-hybridized carbons (Fsp3) is 0.571. The van der Waals surface area contributed by atoms with Crippen molar-refractivity contribution < 1.29 is 4.39 Å². The van der Waals surface area contributed by atoms with Crippen LogP contribution in [0.2, 0.25) is 0 Å². The second-order valence-corrected chi connectivity index (χ2v) is 2.99. The van der Waals surface area contributed by atoms with Gasteiger partial charge in [0.2, 0.25) is 0 Å². The lowest BCUT2D eigenvalue weighted by Crippen LogP contribution is -2.13. The van der Waals surface area contributed by atoms with Gasteiger partial charge in [-0.05, 0) is 5.41 Å². The van der Waals surface area contributed by atoms with Crippen LogP contribution in [0.4, 0.5) is 4.39 Å². The molecule has 0 aromatic carbocycles. The van der Waals surface area contributed by atoms with Crippen LogP contribution in [0.3, 0.4) is 0 Å². The van der Waals surface area contributed by atoms with Gasteiger partial charge in [0.1, 0.15) is 0 Å². The molecule has 1 nitrogen and oxygen atoms in total. The Labute approximate surface area is 54.3 Å². The normalized spacial score (nSPS) is 23.7. The molecule has 1 rings (SSSR count). The predicted molar refractivity (Wildman–Crippen MR) is 36.1 cm³/mol. The van der Waals surface area contributed by atoms with Crippen LogP contribution in [-0.2, 0) is 0 Å². The topological polar surface area (TPSA) is 12.4 Å². The minimum atomic E-state index is -0.262. The summed E-state index contributed by atoms with van der Waals surface area (Å²) >= 11 is 0. The maximum absolute atomic E-state index is 12.4. The van der Waals surface area contributed by atoms with E-state index in [9.17, 15) is 4.39 Å². The van der Waals surface area contributed by atoms with E-state index in [1.54, 1.807) is 0 Å². The summed E-state index contributed by atoms with van der Waals surface area (Å²) < 4.78 is 12.4. The van der Waals surface area contributed by atoms with Gasteiger partial charge in [-0.2, -0.15) is 4.39 Å². The molecule has 0 N–H and O–H groups in total. The van der Waals surface area contributed by atoms with Gasteiger partial charge < -0.3 is 0 Å². The first kappa shape index (κ1) is 6.46. The zero-order valence-electron chi connectivity index (χ0n) is 5.69. The molecule has 9 heavy (non-hydrogen) atoms. The molecular formula is C7H10FN. The molecule has 0 aromatic rings. The van der Waals surface area contributed by atoms with Gasteiger partial charge in [-0.15, -0.1) is 0 Å². The Hall–Kier alpha value is -0.660. The van der Waals surface area contributed by atoms with Crippen LogP contribution in [0.5, 0.6) is 0 Å². The van der Waals surface area contributed by atoms with E-state index < -0.39 is 0 Å². The molecule has 0 saturated heterocycles. The Kier molecular flexibility index (Phi) is 1.39. The fourth-order valence-electron chi connectivity index (χ4n) is 0.800. The van der Waals surface area contributed by atoms with Gasteiger partial charge in [0.25, 0.3) is 0 Å². The second kappa shape index (κ2) is 1.94. The Morgan fingerprint density at radius 3 is 2.67 bits per heavy atom. The van der Waals surface area contributed by atoms with Gasteiger partial charge in [0.05, 0.1) is 0 Å². The smallest absolute Gasteiger partial charge is 0.189 e. The third kappa shape index (κ3) is 1.63. The molecule has 0 aromatic heterocycles. The predicted octanol–water partition coefficient (Wildman–Crippen LogP) is 2.30. The summed E-state index contributed by atoms with van der Waals surface area (Å²) in [5.74, 6) is -0.262. The van der Waals surface area contributed by atoms with Gasteiger partial charge in [-0.25, -0.2) is 4.99 Å². The summed E-state index contributed by atoms with van der Waals surface area (Å²) in [6.45, 7) is 3.97. The summed E-state index contributed by atoms with van der Waals surface area (Å²) in [5.41, 5.74) is -0.0359. The zero-order chi connectivity index (χ0) is 6.91. The summed E-state index contributed by atoms with van der Waals surface area (Å²) in [7, 11) is 0. The molecule has 0 fully saturated rings. The highest BCUT2D eigenvalue weighted by Crippen LogP contribution is 2.25. The van der Waals surface area contributed by atoms with Gasteiger partial charge in [-0.3, -0.25) is 0 Å². The lowest BCUT2D eigenvalue weighted by Gasteiger charge is -2.19. The van der Waals surface area contributed by atoms with Crippen molar-refractivity contribution in [1.29, 1.82) is 0 Å². The van der Waals surface area contributed by atoms with E-state index in [1.807, 2.05) is 19.9 Å². The average molecular weight is 127 g/mol. The van der Waals surface area contributed by atoms with Crippen LogP contribution in [0.25, 0.3) is 0 Å². The fourth-order valence-corrected chi connectivity index (χ4v) is 0.800. The van der Waals surface area contributed by atoms with Crippen LogP contribution in [0, 0.1) is 5.41 Å². The number of rotatable bonds is 0. The molecule has 2 heteroatoms. The molecule has 0 amide bonds. The van der Waals surface area contributed by atoms with E-state index in [0.29, 0.717) is 6.42 Å². The summed E-state index contributed by atoms with van der Waals surface area (Å²) in [6, 6.07) is 0. The first-order valence-electron chi connectivity index (χ1n) is 3.00. The lowest BCUT2D eigenvalue weighted by molar-refractivity contribution is 0.475. The molecule has 0 radical (unpaired) electrons. The van der Waals surface area contributed by atoms with Crippen LogP contribution in [0.15, 0.2) is 17.3 Å². The molecule has 0 unspecified atom stereocenters. The second-order valence-electron chi connectivity index (χ2n) is 2.99. The monoisotopic (exact) mass is 127 g/mol. The van der Waals surface area contributed by atoms with Crippen molar-refractivity contribution in [3.05, 3.63) is 12.3 Å². The van der Waals surface area contributed by atoms with Crippen molar-refractivity contribution >= 4 is 5.97 Å². The zero-order valence-corrected chi connectivity index (χ0v) is 5.69. The minimum Gasteiger partial charge on any atom is -0.232 e. The summed E-state index contributed by atoms with van der Waals surface area (Å²) in [4.78, 5) is 3.49. The van der Waals surface area contributed by atoms with E-state index >= 15 is 0 Å². The molecule has 0 atom stereocenters. The highest BCUT2D eigenvalue weighted by Gasteiger charge is 2.19. The van der Waals surface area contributed by atoms with Crippen molar-refractivity contribution in [2.75, 3.05) is 0 Å². The Balaban J connectivity index is 2.73. The SMILES string of the molecule is CC1(C)C=CN=C(F)C1. The van der Waals surface area contributed by atoms with Crippen LogP contribution in [-0.4, -0.2) is 5.97 Å². The molecule has 0 aliphatic carbocycles. The number of hydrogen-bond donors (Lipinski definition) is 0. The van der Waals surface area contributed by atoms with Crippen molar-refractivity contribution in [3.63, 3.8) is 0 Å². The third-order valence-electron chi connectivity index (χ3n) is 1.34. The molecule has 0 bridgehead atoms. The number of allylic oxidation sites excluding steroid dienone is 1. The third-order valence-corrected chi connectivity index (χ3v) is 1.34. The van der Waals surface area contributed by atoms with E-state index in [1.165, 1.54) is 6.20 Å². The number of aliphatic imine (C=N–C) groups is 1. The van der Waals surface area contributed by atoms with Crippen LogP contribution >= 0.6 is 0 Å². The van der Waals surface area contributed by atoms with Gasteiger partial charge in [-0.1, -0.05) is 19.9 Å². The van der Waals surface area contributed by atoms with Crippen molar-refractivity contribution in [2.24, 2.45) is 10.4 Å². The first-order valence-corrected chi connectivity index (χ1v) is 3.00. The number of nitrogens with zero attached hydrogens (tertiary/aromatic N) is 1. The van der Waals surface area contributed by atoms with Crippen molar-refractivity contribution in [2.45, 2.75) is 20.3 Å². The highest BCUT2D eigenvalue weighted by atomic mass is 19.1. The molecule has 0 saturated carbocycles.